The second-order valence-electron chi connectivity index (χ2n) is 9.79. The molecule has 8 nitrogen and oxygen atoms in total. The summed E-state index contributed by atoms with van der Waals surface area (Å²) in [7, 11) is 1.85. The number of hydrogen-bond acceptors (Lipinski definition) is 8. The number of likely N-dealkylation sites (tertiary alicyclic amines) is 1. The molecule has 0 amide bonds. The number of rotatable bonds is 8. The van der Waals surface area contributed by atoms with Crippen LogP contribution < -0.4 is 30.7 Å². The largest absolute Gasteiger partial charge is 0.490 e. The number of anilines is 1. The Morgan fingerprint density at radius 3 is 2.75 bits per heavy atom. The van der Waals surface area contributed by atoms with Crippen molar-refractivity contribution < 1.29 is 9.47 Å². The van der Waals surface area contributed by atoms with Gasteiger partial charge in [0.25, 0.3) is 0 Å². The minimum absolute atomic E-state index is 0.610. The number of aliphatic imine (C=N–C) groups is 1. The zero-order valence-electron chi connectivity index (χ0n) is 21.4. The number of likely N-dealkylation sites (N-methyl/N-ethyl adjacent to an activating group) is 1. The molecule has 4 N–H and O–H groups in total. The molecule has 3 heterocycles. The second-order valence-corrected chi connectivity index (χ2v) is 9.79. The molecule has 8 heteroatoms. The molecular weight excluding hydrogens is 452 g/mol. The number of nitrogens with two attached hydrogens (primary N) is 1. The number of nitrogens with one attached hydrogen (secondary N) is 2. The maximum atomic E-state index is 6.87. The lowest BCUT2D eigenvalue weighted by molar-refractivity contribution is 0.240. The number of allylic oxidation sites excluding steroid dienone is 1. The molecule has 0 bridgehead atoms. The summed E-state index contributed by atoms with van der Waals surface area (Å²) in [5, 5.41) is 6.49. The van der Waals surface area contributed by atoms with Crippen molar-refractivity contribution in [3.8, 4) is 11.5 Å². The normalized spacial score (nSPS) is 21.7. The van der Waals surface area contributed by atoms with Crippen LogP contribution >= 0.6 is 0 Å². The van der Waals surface area contributed by atoms with E-state index in [0.29, 0.717) is 13.2 Å². The van der Waals surface area contributed by atoms with Crippen molar-refractivity contribution in [3.05, 3.63) is 65.4 Å². The summed E-state index contributed by atoms with van der Waals surface area (Å²) in [5.74, 6) is 1.13. The average Bonchev–Trinajstić information content (AvgIpc) is 3.40. The minimum atomic E-state index is -1.12. The van der Waals surface area contributed by atoms with Gasteiger partial charge in [-0.1, -0.05) is 30.3 Å². The van der Waals surface area contributed by atoms with E-state index in [0.717, 1.165) is 60.3 Å². The van der Waals surface area contributed by atoms with Crippen molar-refractivity contribution in [1.82, 2.24) is 15.5 Å². The number of benzene rings is 2. The number of fused-ring (bicyclic) bond motifs is 1. The van der Waals surface area contributed by atoms with Gasteiger partial charge in [-0.15, -0.1) is 0 Å². The molecule has 1 unspecified atom stereocenters. The molecule has 1 saturated heterocycles. The third-order valence-electron chi connectivity index (χ3n) is 7.01. The smallest absolute Gasteiger partial charge is 0.211 e. The third-order valence-corrected chi connectivity index (χ3v) is 7.01. The van der Waals surface area contributed by atoms with Crippen LogP contribution in [-0.2, 0) is 12.3 Å². The lowest BCUT2D eigenvalue weighted by Crippen LogP contribution is -2.51. The Hall–Kier alpha value is -3.23. The molecular formula is C28H38N6O2. The van der Waals surface area contributed by atoms with Gasteiger partial charge in [-0.05, 0) is 63.0 Å². The van der Waals surface area contributed by atoms with Crippen molar-refractivity contribution in [3.63, 3.8) is 0 Å². The lowest BCUT2D eigenvalue weighted by Gasteiger charge is -2.36. The molecule has 0 radical (unpaired) electrons. The number of amidine groups is 1. The van der Waals surface area contributed by atoms with Crippen molar-refractivity contribution >= 4 is 11.5 Å². The average molecular weight is 491 g/mol. The molecule has 5 rings (SSSR count). The van der Waals surface area contributed by atoms with E-state index in [2.05, 4.69) is 50.8 Å². The van der Waals surface area contributed by atoms with E-state index < -0.39 is 5.79 Å². The summed E-state index contributed by atoms with van der Waals surface area (Å²) in [6.45, 7) is 8.25. The SMILES string of the molecule is CNC1=NC(N)(c2cc(OCCCN3CCCC3)c3c(c2)N(Cc2ccccc2)CCO3)NC(C)=C1. The van der Waals surface area contributed by atoms with Gasteiger partial charge in [-0.3, -0.25) is 5.73 Å². The van der Waals surface area contributed by atoms with Crippen LogP contribution in [0.4, 0.5) is 5.69 Å². The number of ether oxygens (including phenoxy) is 2. The highest BCUT2D eigenvalue weighted by atomic mass is 16.5. The first-order valence-corrected chi connectivity index (χ1v) is 13.0. The first-order valence-electron chi connectivity index (χ1n) is 13.0. The fraction of sp³-hybridized carbons (Fsp3) is 0.464. The van der Waals surface area contributed by atoms with Gasteiger partial charge in [0.2, 0.25) is 5.79 Å². The fourth-order valence-corrected chi connectivity index (χ4v) is 5.17. The van der Waals surface area contributed by atoms with Crippen LogP contribution in [0.5, 0.6) is 11.5 Å². The van der Waals surface area contributed by atoms with Crippen LogP contribution in [0.3, 0.4) is 0 Å². The molecule has 0 spiro atoms. The predicted octanol–water partition coefficient (Wildman–Crippen LogP) is 3.14. The van der Waals surface area contributed by atoms with Crippen LogP contribution in [0.25, 0.3) is 0 Å². The topological polar surface area (TPSA) is 87.4 Å². The molecule has 192 valence electrons. The van der Waals surface area contributed by atoms with Gasteiger partial charge in [0.1, 0.15) is 12.4 Å². The summed E-state index contributed by atoms with van der Waals surface area (Å²) in [6, 6.07) is 14.6. The van der Waals surface area contributed by atoms with Gasteiger partial charge >= 0.3 is 0 Å². The van der Waals surface area contributed by atoms with Crippen molar-refractivity contribution in [1.29, 1.82) is 0 Å². The van der Waals surface area contributed by atoms with Crippen LogP contribution in [0, 0.1) is 0 Å². The summed E-state index contributed by atoms with van der Waals surface area (Å²) < 4.78 is 12.6. The Labute approximate surface area is 214 Å². The monoisotopic (exact) mass is 490 g/mol. The molecule has 3 aliphatic heterocycles. The molecule has 2 aromatic rings. The Morgan fingerprint density at radius 2 is 1.97 bits per heavy atom. The summed E-state index contributed by atoms with van der Waals surface area (Å²) >= 11 is 0. The van der Waals surface area contributed by atoms with E-state index >= 15 is 0 Å². The maximum absolute atomic E-state index is 6.87. The van der Waals surface area contributed by atoms with Crippen LogP contribution in [0.15, 0.2) is 59.2 Å². The Kier molecular flexibility index (Phi) is 7.34. The third kappa shape index (κ3) is 5.44. The van der Waals surface area contributed by atoms with Gasteiger partial charge in [-0.2, -0.15) is 0 Å². The minimum Gasteiger partial charge on any atom is -0.490 e. The highest BCUT2D eigenvalue weighted by Gasteiger charge is 2.34. The predicted molar refractivity (Wildman–Crippen MR) is 144 cm³/mol. The molecule has 0 aromatic heterocycles. The van der Waals surface area contributed by atoms with E-state index in [1.807, 2.05) is 32.2 Å². The summed E-state index contributed by atoms with van der Waals surface area (Å²) in [4.78, 5) is 9.63. The van der Waals surface area contributed by atoms with Gasteiger partial charge in [0.05, 0.1) is 18.8 Å². The molecule has 0 saturated carbocycles. The van der Waals surface area contributed by atoms with E-state index in [1.54, 1.807) is 0 Å². The van der Waals surface area contributed by atoms with Crippen LogP contribution in [0.2, 0.25) is 0 Å². The molecule has 0 aliphatic carbocycles. The fourth-order valence-electron chi connectivity index (χ4n) is 5.17. The molecule has 2 aromatic carbocycles. The van der Waals surface area contributed by atoms with E-state index in [4.69, 9.17) is 20.2 Å². The standard InChI is InChI=1S/C28H38N6O2/c1-21-17-26(30-2)32-28(29,31-21)23-18-24-27(25(19-23)35-15-8-13-33-11-6-7-12-33)36-16-14-34(24)20-22-9-4-3-5-10-22/h3-5,9-10,17-19,31H,6-8,11-16,20,29H2,1-2H3,(H,30,32). The Morgan fingerprint density at radius 1 is 1.17 bits per heavy atom. The molecule has 1 atom stereocenters. The van der Waals surface area contributed by atoms with Crippen molar-refractivity contribution in [2.45, 2.75) is 38.5 Å². The summed E-state index contributed by atoms with van der Waals surface area (Å²) in [6.07, 6.45) is 5.53. The summed E-state index contributed by atoms with van der Waals surface area (Å²) in [5.41, 5.74) is 10.9. The first kappa shape index (κ1) is 24.5. The van der Waals surface area contributed by atoms with Crippen LogP contribution in [-0.4, -0.2) is 57.2 Å². The lowest BCUT2D eigenvalue weighted by atomic mass is 10.0. The van der Waals surface area contributed by atoms with Gasteiger partial charge < -0.3 is 29.9 Å². The molecule has 1 fully saturated rings. The molecule has 36 heavy (non-hydrogen) atoms. The zero-order chi connectivity index (χ0) is 25.0. The maximum Gasteiger partial charge on any atom is 0.211 e. The van der Waals surface area contributed by atoms with Crippen LogP contribution in [0.1, 0.15) is 37.3 Å². The van der Waals surface area contributed by atoms with E-state index in [1.165, 1.54) is 31.5 Å². The first-order chi connectivity index (χ1) is 17.5. The highest BCUT2D eigenvalue weighted by molar-refractivity contribution is 5.94. The number of nitrogens with zero attached hydrogens (tertiary/aromatic N) is 3. The second kappa shape index (κ2) is 10.8. The zero-order valence-corrected chi connectivity index (χ0v) is 21.4. The van der Waals surface area contributed by atoms with E-state index in [9.17, 15) is 0 Å². The van der Waals surface area contributed by atoms with Crippen molar-refractivity contribution in [2.24, 2.45) is 10.7 Å². The van der Waals surface area contributed by atoms with Gasteiger partial charge in [0.15, 0.2) is 11.5 Å². The Balaban J connectivity index is 1.46. The number of hydrogen-bond donors (Lipinski definition) is 3. The van der Waals surface area contributed by atoms with Crippen molar-refractivity contribution in [2.75, 3.05) is 51.3 Å². The van der Waals surface area contributed by atoms with Gasteiger partial charge in [-0.25, -0.2) is 4.99 Å². The molecule has 3 aliphatic rings. The Bertz CT molecular complexity index is 1110. The highest BCUT2D eigenvalue weighted by Crippen LogP contribution is 2.44. The van der Waals surface area contributed by atoms with Gasteiger partial charge in [0, 0.05) is 31.4 Å². The van der Waals surface area contributed by atoms with E-state index in [-0.39, 0.29) is 0 Å². The quantitative estimate of drug-likeness (QED) is 0.490.